The van der Waals surface area contributed by atoms with E-state index in [4.69, 9.17) is 28.3 Å². The molecular weight excluding hydrogens is 520 g/mol. The molecule has 0 aliphatic heterocycles. The number of nitrogens with zero attached hydrogens (tertiary/aromatic N) is 1. The summed E-state index contributed by atoms with van der Waals surface area (Å²) in [6, 6.07) is 17.2. The van der Waals surface area contributed by atoms with Gasteiger partial charge >= 0.3 is 12.3 Å². The Morgan fingerprint density at radius 2 is 1.56 bits per heavy atom. The molecule has 6 nitrogen and oxygen atoms in total. The van der Waals surface area contributed by atoms with Crippen LogP contribution in [0.1, 0.15) is 27.9 Å². The highest BCUT2D eigenvalue weighted by Gasteiger charge is 2.31. The summed E-state index contributed by atoms with van der Waals surface area (Å²) >= 11 is 12.3. The summed E-state index contributed by atoms with van der Waals surface area (Å²) in [5, 5.41) is 12.1. The number of rotatable bonds is 10. The van der Waals surface area contributed by atoms with Crippen LogP contribution in [0.15, 0.2) is 66.7 Å². The smallest absolute Gasteiger partial charge is 0.481 e. The van der Waals surface area contributed by atoms with Crippen molar-refractivity contribution in [1.82, 2.24) is 5.32 Å². The second-order valence-corrected chi connectivity index (χ2v) is 8.65. The Morgan fingerprint density at radius 1 is 0.917 bits per heavy atom. The van der Waals surface area contributed by atoms with Gasteiger partial charge in [-0.25, -0.2) is 0 Å². The summed E-state index contributed by atoms with van der Waals surface area (Å²) < 4.78 is 42.0. The Morgan fingerprint density at radius 3 is 2.17 bits per heavy atom. The van der Waals surface area contributed by atoms with E-state index in [-0.39, 0.29) is 25.3 Å². The number of hydrogen-bond donors (Lipinski definition) is 2. The van der Waals surface area contributed by atoms with Gasteiger partial charge in [0.2, 0.25) is 0 Å². The molecule has 36 heavy (non-hydrogen) atoms. The van der Waals surface area contributed by atoms with Crippen molar-refractivity contribution < 1.29 is 32.6 Å². The Balaban J connectivity index is 1.84. The first-order chi connectivity index (χ1) is 17.0. The highest BCUT2D eigenvalue weighted by Crippen LogP contribution is 2.27. The monoisotopic (exact) mass is 540 g/mol. The molecule has 0 heterocycles. The number of alkyl halides is 3. The lowest BCUT2D eigenvalue weighted by atomic mass is 10.1. The number of nitrogens with one attached hydrogen (secondary N) is 1. The van der Waals surface area contributed by atoms with E-state index in [1.54, 1.807) is 48.5 Å². The maximum atomic E-state index is 12.7. The van der Waals surface area contributed by atoms with Crippen LogP contribution in [-0.2, 0) is 17.9 Å². The largest absolute Gasteiger partial charge is 0.573 e. The van der Waals surface area contributed by atoms with Gasteiger partial charge in [-0.3, -0.25) is 9.59 Å². The fourth-order valence-corrected chi connectivity index (χ4v) is 4.00. The zero-order valence-electron chi connectivity index (χ0n) is 18.7. The van der Waals surface area contributed by atoms with Gasteiger partial charge in [0.1, 0.15) is 5.75 Å². The van der Waals surface area contributed by atoms with E-state index in [1.807, 2.05) is 4.90 Å². The minimum Gasteiger partial charge on any atom is -0.481 e. The van der Waals surface area contributed by atoms with Gasteiger partial charge < -0.3 is 20.1 Å². The number of benzene rings is 3. The predicted octanol–water partition coefficient (Wildman–Crippen LogP) is 6.30. The predicted molar refractivity (Wildman–Crippen MR) is 131 cm³/mol. The molecule has 0 unspecified atom stereocenters. The Hall–Kier alpha value is -3.43. The minimum atomic E-state index is -4.81. The zero-order valence-corrected chi connectivity index (χ0v) is 20.2. The van der Waals surface area contributed by atoms with Gasteiger partial charge in [-0.2, -0.15) is 0 Å². The van der Waals surface area contributed by atoms with E-state index in [2.05, 4.69) is 10.1 Å². The Bertz CT molecular complexity index is 1200. The second kappa shape index (κ2) is 12.0. The average Bonchev–Trinajstić information content (AvgIpc) is 2.77. The second-order valence-electron chi connectivity index (χ2n) is 7.78. The van der Waals surface area contributed by atoms with Gasteiger partial charge in [0.15, 0.2) is 0 Å². The quantitative estimate of drug-likeness (QED) is 0.315. The van der Waals surface area contributed by atoms with Crippen molar-refractivity contribution in [3.05, 3.63) is 93.5 Å². The number of carboxylic acids is 1. The van der Waals surface area contributed by atoms with Gasteiger partial charge in [0.25, 0.3) is 5.91 Å². The fourth-order valence-electron chi connectivity index (χ4n) is 3.43. The van der Waals surface area contributed by atoms with E-state index in [0.717, 1.165) is 5.56 Å². The van der Waals surface area contributed by atoms with Crippen LogP contribution in [0.25, 0.3) is 0 Å². The topological polar surface area (TPSA) is 78.9 Å². The van der Waals surface area contributed by atoms with Crippen LogP contribution < -0.4 is 15.0 Å². The molecular formula is C25H21Cl2F3N2O4. The number of anilines is 1. The van der Waals surface area contributed by atoms with Gasteiger partial charge in [0.05, 0.1) is 6.42 Å². The zero-order chi connectivity index (χ0) is 26.3. The van der Waals surface area contributed by atoms with Crippen LogP contribution in [0.2, 0.25) is 10.0 Å². The standard InChI is InChI=1S/C25H21Cl2F3N2O4/c26-19-10-17(11-20(27)13-19)15-32(14-16-2-1-3-22(12-16)36-25(28,29)30)21-6-4-18(5-7-21)24(35)31-9-8-23(33)34/h1-7,10-13H,8-9,14-15H2,(H,31,35)(H,33,34). The summed E-state index contributed by atoms with van der Waals surface area (Å²) in [5.41, 5.74) is 2.33. The van der Waals surface area contributed by atoms with Gasteiger partial charge in [0, 0.05) is 40.9 Å². The summed E-state index contributed by atoms with van der Waals surface area (Å²) in [6.45, 7) is 0.520. The maximum absolute atomic E-state index is 12.7. The third-order valence-electron chi connectivity index (χ3n) is 4.92. The minimum absolute atomic E-state index is 0.00605. The van der Waals surface area contributed by atoms with Crippen molar-refractivity contribution in [2.24, 2.45) is 0 Å². The van der Waals surface area contributed by atoms with Crippen LogP contribution in [-0.4, -0.2) is 29.9 Å². The molecule has 0 fully saturated rings. The summed E-state index contributed by atoms with van der Waals surface area (Å²) in [4.78, 5) is 24.8. The molecule has 3 aromatic carbocycles. The highest BCUT2D eigenvalue weighted by atomic mass is 35.5. The molecule has 11 heteroatoms. The molecule has 3 aromatic rings. The van der Waals surface area contributed by atoms with Crippen molar-refractivity contribution in [1.29, 1.82) is 0 Å². The van der Waals surface area contributed by atoms with Gasteiger partial charge in [-0.05, 0) is 65.7 Å². The lowest BCUT2D eigenvalue weighted by Crippen LogP contribution is -2.26. The maximum Gasteiger partial charge on any atom is 0.573 e. The van der Waals surface area contributed by atoms with Gasteiger partial charge in [-0.15, -0.1) is 13.2 Å². The molecule has 0 aliphatic rings. The fraction of sp³-hybridized carbons (Fsp3) is 0.200. The third kappa shape index (κ3) is 8.66. The van der Waals surface area contributed by atoms with E-state index in [1.165, 1.54) is 18.2 Å². The highest BCUT2D eigenvalue weighted by molar-refractivity contribution is 6.34. The molecule has 0 radical (unpaired) electrons. The summed E-state index contributed by atoms with van der Waals surface area (Å²) in [7, 11) is 0. The van der Waals surface area contributed by atoms with Gasteiger partial charge in [-0.1, -0.05) is 35.3 Å². The molecule has 0 spiro atoms. The molecule has 0 aromatic heterocycles. The number of carboxylic acid groups (broad SMARTS) is 1. The number of carbonyl (C=O) groups excluding carboxylic acids is 1. The Kier molecular flexibility index (Phi) is 9.06. The number of hydrogen-bond acceptors (Lipinski definition) is 4. The summed E-state index contributed by atoms with van der Waals surface area (Å²) in [6.07, 6.45) is -5.01. The SMILES string of the molecule is O=C(O)CCNC(=O)c1ccc(N(Cc2cc(Cl)cc(Cl)c2)Cc2cccc(OC(F)(F)F)c2)cc1. The number of halogens is 5. The summed E-state index contributed by atoms with van der Waals surface area (Å²) in [5.74, 6) is -1.78. The third-order valence-corrected chi connectivity index (χ3v) is 5.36. The van der Waals surface area contributed by atoms with E-state index < -0.39 is 18.2 Å². The Labute approximate surface area is 215 Å². The van der Waals surface area contributed by atoms with Crippen LogP contribution in [0.3, 0.4) is 0 Å². The molecule has 0 atom stereocenters. The lowest BCUT2D eigenvalue weighted by Gasteiger charge is -2.26. The first kappa shape index (κ1) is 27.2. The molecule has 0 saturated heterocycles. The number of carbonyl (C=O) groups is 2. The molecule has 190 valence electrons. The first-order valence-corrected chi connectivity index (χ1v) is 11.4. The van der Waals surface area contributed by atoms with E-state index in [0.29, 0.717) is 33.4 Å². The van der Waals surface area contributed by atoms with Crippen LogP contribution >= 0.6 is 23.2 Å². The van der Waals surface area contributed by atoms with Crippen molar-refractivity contribution >= 4 is 40.8 Å². The average molecular weight is 541 g/mol. The van der Waals surface area contributed by atoms with Crippen molar-refractivity contribution in [2.75, 3.05) is 11.4 Å². The molecule has 0 aliphatic carbocycles. The van der Waals surface area contributed by atoms with Crippen molar-refractivity contribution in [3.8, 4) is 5.75 Å². The van der Waals surface area contributed by atoms with E-state index in [9.17, 15) is 22.8 Å². The molecule has 0 saturated carbocycles. The molecule has 0 bridgehead atoms. The lowest BCUT2D eigenvalue weighted by molar-refractivity contribution is -0.274. The van der Waals surface area contributed by atoms with Crippen LogP contribution in [0, 0.1) is 0 Å². The first-order valence-electron chi connectivity index (χ1n) is 10.6. The van der Waals surface area contributed by atoms with Crippen molar-refractivity contribution in [3.63, 3.8) is 0 Å². The number of aliphatic carboxylic acids is 1. The number of ether oxygens (including phenoxy) is 1. The van der Waals surface area contributed by atoms with Crippen LogP contribution in [0.4, 0.5) is 18.9 Å². The molecule has 1 amide bonds. The van der Waals surface area contributed by atoms with Crippen molar-refractivity contribution in [2.45, 2.75) is 25.9 Å². The molecule has 2 N–H and O–H groups in total. The molecule has 3 rings (SSSR count). The van der Waals surface area contributed by atoms with Crippen LogP contribution in [0.5, 0.6) is 5.75 Å². The normalized spacial score (nSPS) is 11.1. The van der Waals surface area contributed by atoms with E-state index >= 15 is 0 Å². The number of amides is 1.